The highest BCUT2D eigenvalue weighted by molar-refractivity contribution is 6.03. The van der Waals surface area contributed by atoms with Gasteiger partial charge in [-0.15, -0.1) is 0 Å². The van der Waals surface area contributed by atoms with Gasteiger partial charge in [-0.2, -0.15) is 0 Å². The van der Waals surface area contributed by atoms with E-state index in [1.165, 1.54) is 6.92 Å². The second-order valence-electron chi connectivity index (χ2n) is 5.89. The Bertz CT molecular complexity index is 768. The molecule has 1 aliphatic rings. The van der Waals surface area contributed by atoms with E-state index in [1.54, 1.807) is 4.90 Å². The minimum Gasteiger partial charge on any atom is -0.325 e. The van der Waals surface area contributed by atoms with Crippen LogP contribution < -0.4 is 10.2 Å². The molecule has 2 aromatic carbocycles. The summed E-state index contributed by atoms with van der Waals surface area (Å²) in [5.74, 6) is -0.0625. The van der Waals surface area contributed by atoms with Crippen LogP contribution in [-0.2, 0) is 22.4 Å². The number of nitrogens with one attached hydrogen (secondary N) is 1. The van der Waals surface area contributed by atoms with Gasteiger partial charge in [0, 0.05) is 13.5 Å². The largest absolute Gasteiger partial charge is 0.325 e. The lowest BCUT2D eigenvalue weighted by Crippen LogP contribution is -2.31. The van der Waals surface area contributed by atoms with Crippen molar-refractivity contribution >= 4 is 23.2 Å². The molecule has 0 radical (unpaired) electrons. The van der Waals surface area contributed by atoms with Gasteiger partial charge < -0.3 is 10.2 Å². The predicted octanol–water partition coefficient (Wildman–Crippen LogP) is 3.09. The third-order valence-electron chi connectivity index (χ3n) is 4.21. The molecule has 0 unspecified atom stereocenters. The van der Waals surface area contributed by atoms with Gasteiger partial charge in [0.05, 0.1) is 17.8 Å². The molecule has 2 aromatic rings. The van der Waals surface area contributed by atoms with Crippen LogP contribution in [0.4, 0.5) is 11.4 Å². The zero-order chi connectivity index (χ0) is 16.4. The van der Waals surface area contributed by atoms with E-state index in [-0.39, 0.29) is 11.8 Å². The smallest absolute Gasteiger partial charge is 0.231 e. The van der Waals surface area contributed by atoms with Crippen LogP contribution in [-0.4, -0.2) is 18.4 Å². The van der Waals surface area contributed by atoms with Crippen LogP contribution in [0.5, 0.6) is 0 Å². The maximum Gasteiger partial charge on any atom is 0.231 e. The quantitative estimate of drug-likeness (QED) is 0.947. The molecule has 118 valence electrons. The van der Waals surface area contributed by atoms with Crippen LogP contribution in [0.2, 0.25) is 0 Å². The monoisotopic (exact) mass is 308 g/mol. The van der Waals surface area contributed by atoms with E-state index >= 15 is 0 Å². The van der Waals surface area contributed by atoms with E-state index in [2.05, 4.69) is 5.32 Å². The third kappa shape index (κ3) is 3.11. The number of anilines is 2. The fourth-order valence-electron chi connectivity index (χ4n) is 3.06. The second kappa shape index (κ2) is 6.24. The molecule has 23 heavy (non-hydrogen) atoms. The van der Waals surface area contributed by atoms with Crippen LogP contribution >= 0.6 is 0 Å². The molecule has 0 fully saturated rings. The van der Waals surface area contributed by atoms with Gasteiger partial charge in [0.2, 0.25) is 11.8 Å². The Morgan fingerprint density at radius 3 is 2.65 bits per heavy atom. The summed E-state index contributed by atoms with van der Waals surface area (Å²) in [5.41, 5.74) is 4.83. The summed E-state index contributed by atoms with van der Waals surface area (Å²) in [6.07, 6.45) is 1.20. The topological polar surface area (TPSA) is 49.4 Å². The van der Waals surface area contributed by atoms with Crippen LogP contribution in [0.1, 0.15) is 23.6 Å². The molecule has 4 nitrogen and oxygen atoms in total. The number of benzene rings is 2. The first-order valence-electron chi connectivity index (χ1n) is 7.80. The number of fused-ring (bicyclic) bond motifs is 1. The van der Waals surface area contributed by atoms with Gasteiger partial charge in [-0.25, -0.2) is 0 Å². The number of para-hydroxylation sites is 1. The molecule has 4 heteroatoms. The van der Waals surface area contributed by atoms with Gasteiger partial charge in [-0.05, 0) is 36.1 Å². The molecule has 0 aromatic heterocycles. The molecule has 1 heterocycles. The molecular weight excluding hydrogens is 288 g/mol. The Morgan fingerprint density at radius 2 is 1.91 bits per heavy atom. The third-order valence-corrected chi connectivity index (χ3v) is 4.21. The highest BCUT2D eigenvalue weighted by Gasteiger charge is 2.27. The van der Waals surface area contributed by atoms with E-state index in [0.29, 0.717) is 18.7 Å². The molecule has 2 amide bonds. The van der Waals surface area contributed by atoms with E-state index in [0.717, 1.165) is 28.8 Å². The van der Waals surface area contributed by atoms with Crippen molar-refractivity contribution in [2.45, 2.75) is 26.7 Å². The van der Waals surface area contributed by atoms with Crippen molar-refractivity contribution < 1.29 is 9.59 Å². The maximum absolute atomic E-state index is 12.8. The molecule has 0 spiro atoms. The molecule has 3 rings (SSSR count). The summed E-state index contributed by atoms with van der Waals surface area (Å²) in [5, 5.41) is 2.83. The van der Waals surface area contributed by atoms with E-state index < -0.39 is 0 Å². The van der Waals surface area contributed by atoms with Gasteiger partial charge in [0.1, 0.15) is 0 Å². The zero-order valence-corrected chi connectivity index (χ0v) is 13.4. The van der Waals surface area contributed by atoms with Crippen molar-refractivity contribution in [3.8, 4) is 0 Å². The standard InChI is InChI=1S/C19H20N2O2/c1-13-6-3-4-7-16(13)12-18(23)21-11-10-15-8-5-9-17(19(15)21)20-14(2)22/h3-9H,10-12H2,1-2H3,(H,20,22). The number of carbonyl (C=O) groups is 2. The van der Waals surface area contributed by atoms with Crippen molar-refractivity contribution in [1.29, 1.82) is 0 Å². The molecule has 1 aliphatic heterocycles. The van der Waals surface area contributed by atoms with Crippen molar-refractivity contribution in [2.75, 3.05) is 16.8 Å². The normalized spacial score (nSPS) is 12.9. The molecule has 1 N–H and O–H groups in total. The van der Waals surface area contributed by atoms with Gasteiger partial charge in [-0.1, -0.05) is 36.4 Å². The summed E-state index contributed by atoms with van der Waals surface area (Å²) in [6, 6.07) is 13.7. The Morgan fingerprint density at radius 1 is 1.13 bits per heavy atom. The molecular formula is C19H20N2O2. The first-order chi connectivity index (χ1) is 11.1. The van der Waals surface area contributed by atoms with Crippen molar-refractivity contribution in [1.82, 2.24) is 0 Å². The molecule has 0 atom stereocenters. The van der Waals surface area contributed by atoms with Gasteiger partial charge >= 0.3 is 0 Å². The Balaban J connectivity index is 1.88. The van der Waals surface area contributed by atoms with Crippen molar-refractivity contribution in [3.63, 3.8) is 0 Å². The highest BCUT2D eigenvalue weighted by atomic mass is 16.2. The first kappa shape index (κ1) is 15.3. The number of amides is 2. The summed E-state index contributed by atoms with van der Waals surface area (Å²) < 4.78 is 0. The number of nitrogens with zero attached hydrogens (tertiary/aromatic N) is 1. The van der Waals surface area contributed by atoms with Crippen molar-refractivity contribution in [2.24, 2.45) is 0 Å². The Labute approximate surface area is 136 Å². The van der Waals surface area contributed by atoms with Crippen LogP contribution in [0.25, 0.3) is 0 Å². The summed E-state index contributed by atoms with van der Waals surface area (Å²) >= 11 is 0. The molecule has 0 saturated heterocycles. The van der Waals surface area contributed by atoms with Gasteiger partial charge in [0.15, 0.2) is 0 Å². The molecule has 0 bridgehead atoms. The summed E-state index contributed by atoms with van der Waals surface area (Å²) in [6.45, 7) is 4.16. The predicted molar refractivity (Wildman–Crippen MR) is 91.7 cm³/mol. The fraction of sp³-hybridized carbons (Fsp3) is 0.263. The van der Waals surface area contributed by atoms with Gasteiger partial charge in [-0.3, -0.25) is 9.59 Å². The number of rotatable bonds is 3. The Kier molecular flexibility index (Phi) is 4.15. The SMILES string of the molecule is CC(=O)Nc1cccc2c1N(C(=O)Cc1ccccc1C)CC2. The van der Waals surface area contributed by atoms with E-state index in [9.17, 15) is 9.59 Å². The Hall–Kier alpha value is -2.62. The minimum atomic E-state index is -0.128. The van der Waals surface area contributed by atoms with Crippen LogP contribution in [0.3, 0.4) is 0 Å². The molecule has 0 saturated carbocycles. The van der Waals surface area contributed by atoms with E-state index in [1.807, 2.05) is 49.4 Å². The lowest BCUT2D eigenvalue weighted by molar-refractivity contribution is -0.118. The number of hydrogen-bond donors (Lipinski definition) is 1. The number of carbonyl (C=O) groups excluding carboxylic acids is 2. The fourth-order valence-corrected chi connectivity index (χ4v) is 3.06. The average Bonchev–Trinajstić information content (AvgIpc) is 2.94. The van der Waals surface area contributed by atoms with Crippen LogP contribution in [0.15, 0.2) is 42.5 Å². The lowest BCUT2D eigenvalue weighted by atomic mass is 10.1. The van der Waals surface area contributed by atoms with Crippen LogP contribution in [0, 0.1) is 6.92 Å². The first-order valence-corrected chi connectivity index (χ1v) is 7.80. The van der Waals surface area contributed by atoms with E-state index in [4.69, 9.17) is 0 Å². The average molecular weight is 308 g/mol. The minimum absolute atomic E-state index is 0.0656. The van der Waals surface area contributed by atoms with Gasteiger partial charge in [0.25, 0.3) is 0 Å². The number of aryl methyl sites for hydroxylation is 1. The highest BCUT2D eigenvalue weighted by Crippen LogP contribution is 2.36. The summed E-state index contributed by atoms with van der Waals surface area (Å²) in [7, 11) is 0. The zero-order valence-electron chi connectivity index (χ0n) is 13.4. The van der Waals surface area contributed by atoms with Crippen molar-refractivity contribution in [3.05, 3.63) is 59.2 Å². The maximum atomic E-state index is 12.8. The molecule has 0 aliphatic carbocycles. The lowest BCUT2D eigenvalue weighted by Gasteiger charge is -2.21. The summed E-state index contributed by atoms with van der Waals surface area (Å²) in [4.78, 5) is 26.0. The second-order valence-corrected chi connectivity index (χ2v) is 5.89. The number of hydrogen-bond acceptors (Lipinski definition) is 2.